The van der Waals surface area contributed by atoms with E-state index in [9.17, 15) is 4.79 Å². The Bertz CT molecular complexity index is 453. The monoisotopic (exact) mass is 277 g/mol. The molecule has 0 atom stereocenters. The summed E-state index contributed by atoms with van der Waals surface area (Å²) in [4.78, 5) is 12.0. The van der Waals surface area contributed by atoms with E-state index in [1.54, 1.807) is 0 Å². The average Bonchev–Trinajstić information content (AvgIpc) is 2.48. The van der Waals surface area contributed by atoms with Crippen LogP contribution in [0.4, 0.5) is 0 Å². The van der Waals surface area contributed by atoms with Crippen molar-refractivity contribution < 1.29 is 14.3 Å². The standard InChI is InChI=1S/C16H23NO3/c1-3-20-15-5-4-13(10-12(15)2)11-17-16(18)14-6-8-19-9-7-14/h4-5,10,14H,3,6-9,11H2,1-2H3,(H,17,18). The summed E-state index contributed by atoms with van der Waals surface area (Å²) in [7, 11) is 0. The second kappa shape index (κ2) is 7.29. The molecule has 1 aromatic rings. The van der Waals surface area contributed by atoms with E-state index in [-0.39, 0.29) is 11.8 Å². The molecular weight excluding hydrogens is 254 g/mol. The summed E-state index contributed by atoms with van der Waals surface area (Å²) >= 11 is 0. The van der Waals surface area contributed by atoms with Crippen LogP contribution in [0.25, 0.3) is 0 Å². The van der Waals surface area contributed by atoms with Crippen molar-refractivity contribution in [1.29, 1.82) is 0 Å². The number of carbonyl (C=O) groups excluding carboxylic acids is 1. The van der Waals surface area contributed by atoms with Crippen LogP contribution >= 0.6 is 0 Å². The number of benzene rings is 1. The lowest BCUT2D eigenvalue weighted by Crippen LogP contribution is -2.33. The van der Waals surface area contributed by atoms with Crippen molar-refractivity contribution in [2.45, 2.75) is 33.2 Å². The molecule has 4 heteroatoms. The van der Waals surface area contributed by atoms with Gasteiger partial charge in [0.2, 0.25) is 5.91 Å². The highest BCUT2D eigenvalue weighted by molar-refractivity contribution is 5.78. The Morgan fingerprint density at radius 1 is 1.40 bits per heavy atom. The number of amides is 1. The molecule has 1 fully saturated rings. The minimum Gasteiger partial charge on any atom is -0.494 e. The van der Waals surface area contributed by atoms with E-state index in [1.807, 2.05) is 26.0 Å². The lowest BCUT2D eigenvalue weighted by atomic mass is 9.99. The second-order valence-electron chi connectivity index (χ2n) is 5.14. The van der Waals surface area contributed by atoms with E-state index in [0.29, 0.717) is 26.4 Å². The molecule has 1 N–H and O–H groups in total. The minimum atomic E-state index is 0.104. The topological polar surface area (TPSA) is 47.6 Å². The van der Waals surface area contributed by atoms with E-state index >= 15 is 0 Å². The number of nitrogens with one attached hydrogen (secondary N) is 1. The zero-order valence-electron chi connectivity index (χ0n) is 12.3. The second-order valence-corrected chi connectivity index (χ2v) is 5.14. The van der Waals surface area contributed by atoms with E-state index in [4.69, 9.17) is 9.47 Å². The fraction of sp³-hybridized carbons (Fsp3) is 0.562. The van der Waals surface area contributed by atoms with Gasteiger partial charge in [-0.05, 0) is 43.9 Å². The Kier molecular flexibility index (Phi) is 5.41. The summed E-state index contributed by atoms with van der Waals surface area (Å²) in [5.41, 5.74) is 2.20. The van der Waals surface area contributed by atoms with Gasteiger partial charge in [0.1, 0.15) is 5.75 Å². The van der Waals surface area contributed by atoms with Crippen LogP contribution in [-0.2, 0) is 16.1 Å². The van der Waals surface area contributed by atoms with E-state index < -0.39 is 0 Å². The number of ether oxygens (including phenoxy) is 2. The number of rotatable bonds is 5. The fourth-order valence-corrected chi connectivity index (χ4v) is 2.43. The SMILES string of the molecule is CCOc1ccc(CNC(=O)C2CCOCC2)cc1C. The van der Waals surface area contributed by atoms with Crippen molar-refractivity contribution in [3.05, 3.63) is 29.3 Å². The molecule has 4 nitrogen and oxygen atoms in total. The van der Waals surface area contributed by atoms with Crippen LogP contribution in [0, 0.1) is 12.8 Å². The van der Waals surface area contributed by atoms with Gasteiger partial charge in [-0.25, -0.2) is 0 Å². The average molecular weight is 277 g/mol. The molecule has 0 unspecified atom stereocenters. The predicted molar refractivity (Wildman–Crippen MR) is 77.7 cm³/mol. The minimum absolute atomic E-state index is 0.104. The molecule has 0 radical (unpaired) electrons. The Morgan fingerprint density at radius 3 is 2.80 bits per heavy atom. The Hall–Kier alpha value is -1.55. The maximum Gasteiger partial charge on any atom is 0.223 e. The van der Waals surface area contributed by atoms with Crippen LogP contribution in [-0.4, -0.2) is 25.7 Å². The lowest BCUT2D eigenvalue weighted by Gasteiger charge is -2.21. The smallest absolute Gasteiger partial charge is 0.223 e. The molecule has 1 saturated heterocycles. The van der Waals surface area contributed by atoms with Gasteiger partial charge >= 0.3 is 0 Å². The van der Waals surface area contributed by atoms with Crippen LogP contribution in [0.3, 0.4) is 0 Å². The van der Waals surface area contributed by atoms with E-state index in [1.165, 1.54) is 0 Å². The highest BCUT2D eigenvalue weighted by Gasteiger charge is 2.21. The zero-order valence-corrected chi connectivity index (χ0v) is 12.3. The Labute approximate surface area is 120 Å². The van der Waals surface area contributed by atoms with Crippen molar-refractivity contribution in [1.82, 2.24) is 5.32 Å². The van der Waals surface area contributed by atoms with E-state index in [0.717, 1.165) is 29.7 Å². The summed E-state index contributed by atoms with van der Waals surface area (Å²) in [6, 6.07) is 6.03. The molecule has 0 spiro atoms. The summed E-state index contributed by atoms with van der Waals surface area (Å²) in [6.45, 7) is 6.63. The fourth-order valence-electron chi connectivity index (χ4n) is 2.43. The Morgan fingerprint density at radius 2 is 2.15 bits per heavy atom. The maximum atomic E-state index is 12.0. The number of carbonyl (C=O) groups is 1. The van der Waals surface area contributed by atoms with Gasteiger partial charge < -0.3 is 14.8 Å². The third kappa shape index (κ3) is 3.97. The molecule has 1 aliphatic rings. The van der Waals surface area contributed by atoms with Crippen LogP contribution in [0.2, 0.25) is 0 Å². The lowest BCUT2D eigenvalue weighted by molar-refractivity contribution is -0.128. The molecule has 0 bridgehead atoms. The van der Waals surface area contributed by atoms with Gasteiger partial charge in [-0.15, -0.1) is 0 Å². The van der Waals surface area contributed by atoms with Gasteiger partial charge in [-0.3, -0.25) is 4.79 Å². The summed E-state index contributed by atoms with van der Waals surface area (Å²) < 4.78 is 10.8. The van der Waals surface area contributed by atoms with Crippen LogP contribution in [0.15, 0.2) is 18.2 Å². The number of hydrogen-bond donors (Lipinski definition) is 1. The molecule has 0 saturated carbocycles. The van der Waals surface area contributed by atoms with Gasteiger partial charge in [0, 0.05) is 25.7 Å². The number of hydrogen-bond acceptors (Lipinski definition) is 3. The molecule has 110 valence electrons. The van der Waals surface area contributed by atoms with Crippen molar-refractivity contribution in [2.75, 3.05) is 19.8 Å². The van der Waals surface area contributed by atoms with Gasteiger partial charge in [-0.1, -0.05) is 12.1 Å². The van der Waals surface area contributed by atoms with E-state index in [2.05, 4.69) is 11.4 Å². The third-order valence-electron chi connectivity index (χ3n) is 3.60. The van der Waals surface area contributed by atoms with Gasteiger partial charge in [0.05, 0.1) is 6.61 Å². The summed E-state index contributed by atoms with van der Waals surface area (Å²) in [5, 5.41) is 3.01. The van der Waals surface area contributed by atoms with Gasteiger partial charge in [0.25, 0.3) is 0 Å². The van der Waals surface area contributed by atoms with Crippen molar-refractivity contribution in [3.8, 4) is 5.75 Å². The van der Waals surface area contributed by atoms with Crippen molar-refractivity contribution >= 4 is 5.91 Å². The van der Waals surface area contributed by atoms with Gasteiger partial charge in [-0.2, -0.15) is 0 Å². The molecule has 20 heavy (non-hydrogen) atoms. The first kappa shape index (κ1) is 14.9. The first-order valence-electron chi connectivity index (χ1n) is 7.28. The van der Waals surface area contributed by atoms with Crippen molar-refractivity contribution in [2.24, 2.45) is 5.92 Å². The molecule has 1 aliphatic heterocycles. The Balaban J connectivity index is 1.87. The zero-order chi connectivity index (χ0) is 14.4. The van der Waals surface area contributed by atoms with Crippen LogP contribution < -0.4 is 10.1 Å². The first-order valence-corrected chi connectivity index (χ1v) is 7.28. The number of aryl methyl sites for hydroxylation is 1. The summed E-state index contributed by atoms with van der Waals surface area (Å²) in [6.07, 6.45) is 1.66. The van der Waals surface area contributed by atoms with Crippen LogP contribution in [0.1, 0.15) is 30.9 Å². The maximum absolute atomic E-state index is 12.0. The van der Waals surface area contributed by atoms with Crippen LogP contribution in [0.5, 0.6) is 5.75 Å². The first-order chi connectivity index (χ1) is 9.70. The highest BCUT2D eigenvalue weighted by Crippen LogP contribution is 2.19. The molecule has 1 heterocycles. The van der Waals surface area contributed by atoms with Crippen molar-refractivity contribution in [3.63, 3.8) is 0 Å². The quantitative estimate of drug-likeness (QED) is 0.899. The molecule has 0 aromatic heterocycles. The largest absolute Gasteiger partial charge is 0.494 e. The molecule has 2 rings (SSSR count). The third-order valence-corrected chi connectivity index (χ3v) is 3.60. The van der Waals surface area contributed by atoms with Gasteiger partial charge in [0.15, 0.2) is 0 Å². The predicted octanol–water partition coefficient (Wildman–Crippen LogP) is 2.44. The summed E-state index contributed by atoms with van der Waals surface area (Å²) in [5.74, 6) is 1.15. The molecule has 1 amide bonds. The molecular formula is C16H23NO3. The normalized spacial score (nSPS) is 15.9. The molecule has 0 aliphatic carbocycles. The highest BCUT2D eigenvalue weighted by atomic mass is 16.5. The molecule has 1 aromatic carbocycles.